The molecule has 1 aromatic heterocycles. The topological polar surface area (TPSA) is 104 Å². The van der Waals surface area contributed by atoms with Gasteiger partial charge in [-0.15, -0.1) is 13.2 Å². The van der Waals surface area contributed by atoms with Crippen LogP contribution in [-0.4, -0.2) is 53.8 Å². The molecular formula is C23H20F6N4O4. The van der Waals surface area contributed by atoms with Gasteiger partial charge in [-0.05, 0) is 42.8 Å². The van der Waals surface area contributed by atoms with Crippen molar-refractivity contribution in [2.24, 2.45) is 0 Å². The van der Waals surface area contributed by atoms with Gasteiger partial charge in [-0.25, -0.2) is 9.59 Å². The Morgan fingerprint density at radius 2 is 1.65 bits per heavy atom. The highest BCUT2D eigenvalue weighted by atomic mass is 19.4. The summed E-state index contributed by atoms with van der Waals surface area (Å²) in [5.74, 6) is -3.10. The van der Waals surface area contributed by atoms with Gasteiger partial charge in [-0.1, -0.05) is 18.2 Å². The fraction of sp³-hybridized carbons (Fsp3) is 0.261. The van der Waals surface area contributed by atoms with Crippen molar-refractivity contribution in [3.63, 3.8) is 0 Å². The van der Waals surface area contributed by atoms with Crippen LogP contribution in [-0.2, 0) is 4.79 Å². The number of aliphatic carboxylic acids is 1. The van der Waals surface area contributed by atoms with Gasteiger partial charge in [0.2, 0.25) is 0 Å². The molecule has 1 saturated heterocycles. The summed E-state index contributed by atoms with van der Waals surface area (Å²) >= 11 is 0. The number of amides is 2. The molecule has 2 aromatic carbocycles. The number of benzene rings is 2. The number of nitrogens with one attached hydrogen (secondary N) is 2. The van der Waals surface area contributed by atoms with Crippen LogP contribution in [0.25, 0.3) is 10.9 Å². The number of carbonyl (C=O) groups is 2. The van der Waals surface area contributed by atoms with E-state index in [0.29, 0.717) is 12.2 Å². The Labute approximate surface area is 205 Å². The van der Waals surface area contributed by atoms with Gasteiger partial charge >= 0.3 is 24.5 Å². The van der Waals surface area contributed by atoms with Crippen molar-refractivity contribution in [2.75, 3.05) is 23.3 Å². The Balaban J connectivity index is 0.000000479. The second-order valence-electron chi connectivity index (χ2n) is 7.75. The van der Waals surface area contributed by atoms with Crippen LogP contribution in [0.3, 0.4) is 0 Å². The van der Waals surface area contributed by atoms with E-state index >= 15 is 0 Å². The average molecular weight is 530 g/mol. The highest BCUT2D eigenvalue weighted by Crippen LogP contribution is 2.28. The van der Waals surface area contributed by atoms with Crippen LogP contribution in [0.2, 0.25) is 0 Å². The van der Waals surface area contributed by atoms with Crippen molar-refractivity contribution in [1.82, 2.24) is 10.3 Å². The van der Waals surface area contributed by atoms with Crippen LogP contribution in [0.5, 0.6) is 5.75 Å². The van der Waals surface area contributed by atoms with E-state index in [1.165, 1.54) is 12.1 Å². The van der Waals surface area contributed by atoms with E-state index < -0.39 is 24.5 Å². The van der Waals surface area contributed by atoms with Crippen LogP contribution in [0.15, 0.2) is 60.8 Å². The summed E-state index contributed by atoms with van der Waals surface area (Å²) in [5, 5.41) is 13.7. The molecule has 37 heavy (non-hydrogen) atoms. The molecule has 1 unspecified atom stereocenters. The van der Waals surface area contributed by atoms with Crippen molar-refractivity contribution in [2.45, 2.75) is 25.0 Å². The first-order valence-corrected chi connectivity index (χ1v) is 10.6. The molecule has 2 amide bonds. The summed E-state index contributed by atoms with van der Waals surface area (Å²) in [7, 11) is 0. The number of urea groups is 1. The standard InChI is InChI=1S/C21H19F3N4O2.C2HF3O2/c22-21(23,24)30-16-7-5-14(6-8-16)26-20(29)27-15-10-12-28(13-15)19-9-11-25-18-4-2-1-3-17(18)19;3-2(4,5)1(6)7/h1-9,11,15H,10,12-13H2,(H2,26,27,29);(H,6,7). The summed E-state index contributed by atoms with van der Waals surface area (Å²) in [6.07, 6.45) is -7.28. The molecule has 1 aliphatic heterocycles. The normalized spacial score (nSPS) is 15.5. The van der Waals surface area contributed by atoms with Gasteiger partial charge in [0.15, 0.2) is 0 Å². The minimum absolute atomic E-state index is 0.0511. The Morgan fingerprint density at radius 1 is 1.00 bits per heavy atom. The van der Waals surface area contributed by atoms with E-state index in [1.807, 2.05) is 30.3 Å². The van der Waals surface area contributed by atoms with Gasteiger partial charge < -0.3 is 25.4 Å². The van der Waals surface area contributed by atoms with E-state index in [1.54, 1.807) is 6.20 Å². The molecule has 0 aliphatic carbocycles. The number of rotatable bonds is 4. The lowest BCUT2D eigenvalue weighted by Gasteiger charge is -2.21. The Bertz CT molecular complexity index is 1230. The summed E-state index contributed by atoms with van der Waals surface area (Å²) in [6, 6.07) is 14.4. The highest BCUT2D eigenvalue weighted by molar-refractivity contribution is 5.92. The van der Waals surface area contributed by atoms with Crippen LogP contribution >= 0.6 is 0 Å². The zero-order valence-electron chi connectivity index (χ0n) is 18.8. The Kier molecular flexibility index (Phi) is 8.30. The first-order chi connectivity index (χ1) is 17.3. The maximum atomic E-state index is 12.3. The molecule has 3 N–H and O–H groups in total. The van der Waals surface area contributed by atoms with Gasteiger partial charge in [-0.2, -0.15) is 13.2 Å². The SMILES string of the molecule is O=C(Nc1ccc(OC(F)(F)F)cc1)NC1CCN(c2ccnc3ccccc23)C1.O=C(O)C(F)(F)F. The van der Waals surface area contributed by atoms with Crippen LogP contribution in [0, 0.1) is 0 Å². The second kappa shape index (κ2) is 11.2. The number of nitrogens with zero attached hydrogens (tertiary/aromatic N) is 2. The average Bonchev–Trinajstić information content (AvgIpc) is 3.27. The number of ether oxygens (including phenoxy) is 1. The smallest absolute Gasteiger partial charge is 0.475 e. The van der Waals surface area contributed by atoms with Crippen molar-refractivity contribution >= 4 is 34.3 Å². The second-order valence-corrected chi connectivity index (χ2v) is 7.75. The zero-order chi connectivity index (χ0) is 27.2. The summed E-state index contributed by atoms with van der Waals surface area (Å²) in [4.78, 5) is 27.8. The largest absolute Gasteiger partial charge is 0.573 e. The Morgan fingerprint density at radius 3 is 2.27 bits per heavy atom. The molecule has 4 rings (SSSR count). The number of para-hydroxylation sites is 1. The van der Waals surface area contributed by atoms with E-state index in [9.17, 15) is 31.1 Å². The van der Waals surface area contributed by atoms with Gasteiger partial charge in [-0.3, -0.25) is 4.98 Å². The minimum Gasteiger partial charge on any atom is -0.475 e. The third-order valence-corrected chi connectivity index (χ3v) is 5.08. The highest BCUT2D eigenvalue weighted by Gasteiger charge is 2.38. The molecule has 1 fully saturated rings. The van der Waals surface area contributed by atoms with Gasteiger partial charge in [0, 0.05) is 42.1 Å². The molecule has 1 aliphatic rings. The van der Waals surface area contributed by atoms with Gasteiger partial charge in [0.25, 0.3) is 0 Å². The van der Waals surface area contributed by atoms with Crippen molar-refractivity contribution in [1.29, 1.82) is 0 Å². The van der Waals surface area contributed by atoms with Gasteiger partial charge in [0.05, 0.1) is 5.52 Å². The molecule has 14 heteroatoms. The van der Waals surface area contributed by atoms with Crippen LogP contribution in [0.1, 0.15) is 6.42 Å². The lowest BCUT2D eigenvalue weighted by atomic mass is 10.2. The summed E-state index contributed by atoms with van der Waals surface area (Å²) in [5.41, 5.74) is 2.37. The zero-order valence-corrected chi connectivity index (χ0v) is 18.8. The van der Waals surface area contributed by atoms with Crippen molar-refractivity contribution in [3.8, 4) is 5.75 Å². The molecule has 0 radical (unpaired) electrons. The predicted molar refractivity (Wildman–Crippen MR) is 121 cm³/mol. The molecule has 198 valence electrons. The first kappa shape index (κ1) is 27.4. The molecule has 1 atom stereocenters. The number of carboxylic acid groups (broad SMARTS) is 1. The van der Waals surface area contributed by atoms with E-state index in [-0.39, 0.29) is 11.8 Å². The molecule has 0 saturated carbocycles. The molecule has 2 heterocycles. The number of pyridine rings is 1. The van der Waals surface area contributed by atoms with E-state index in [0.717, 1.165) is 41.7 Å². The molecule has 0 bridgehead atoms. The first-order valence-electron chi connectivity index (χ1n) is 10.6. The number of alkyl halides is 6. The number of halogens is 6. The lowest BCUT2D eigenvalue weighted by molar-refractivity contribution is -0.274. The molecular weight excluding hydrogens is 510 g/mol. The van der Waals surface area contributed by atoms with E-state index in [2.05, 4.69) is 25.3 Å². The van der Waals surface area contributed by atoms with Crippen molar-refractivity contribution in [3.05, 3.63) is 60.8 Å². The number of carbonyl (C=O) groups excluding carboxylic acids is 1. The number of hydrogen-bond acceptors (Lipinski definition) is 5. The van der Waals surface area contributed by atoms with Crippen LogP contribution < -0.4 is 20.3 Å². The minimum atomic E-state index is -5.08. The monoisotopic (exact) mass is 530 g/mol. The fourth-order valence-corrected chi connectivity index (χ4v) is 3.55. The van der Waals surface area contributed by atoms with Gasteiger partial charge in [0.1, 0.15) is 5.75 Å². The molecule has 8 nitrogen and oxygen atoms in total. The number of anilines is 2. The number of aromatic nitrogens is 1. The third kappa shape index (κ3) is 8.15. The number of carboxylic acids is 1. The van der Waals surface area contributed by atoms with E-state index in [4.69, 9.17) is 9.90 Å². The summed E-state index contributed by atoms with van der Waals surface area (Å²) < 4.78 is 72.2. The molecule has 3 aromatic rings. The van der Waals surface area contributed by atoms with Crippen LogP contribution in [0.4, 0.5) is 42.5 Å². The maximum Gasteiger partial charge on any atom is 0.573 e. The third-order valence-electron chi connectivity index (χ3n) is 5.08. The number of hydrogen-bond donors (Lipinski definition) is 3. The number of fused-ring (bicyclic) bond motifs is 1. The fourth-order valence-electron chi connectivity index (χ4n) is 3.55. The maximum absolute atomic E-state index is 12.3. The predicted octanol–water partition coefficient (Wildman–Crippen LogP) is 5.17. The summed E-state index contributed by atoms with van der Waals surface area (Å²) in [6.45, 7) is 1.45. The quantitative estimate of drug-likeness (QED) is 0.403. The molecule has 0 spiro atoms. The Hall–Kier alpha value is -4.23. The van der Waals surface area contributed by atoms with Crippen molar-refractivity contribution < 1.29 is 45.8 Å². The lowest BCUT2D eigenvalue weighted by Crippen LogP contribution is -2.39.